The number of benzene rings is 2. The van der Waals surface area contributed by atoms with Gasteiger partial charge in [0.15, 0.2) is 0 Å². The van der Waals surface area contributed by atoms with Crippen molar-refractivity contribution in [2.45, 2.75) is 53.5 Å². The van der Waals surface area contributed by atoms with Crippen LogP contribution >= 0.6 is 0 Å². The van der Waals surface area contributed by atoms with E-state index in [9.17, 15) is 9.18 Å². The second kappa shape index (κ2) is 11.2. The van der Waals surface area contributed by atoms with Crippen molar-refractivity contribution in [1.82, 2.24) is 20.0 Å². The molecule has 1 unspecified atom stereocenters. The molecule has 33 heavy (non-hydrogen) atoms. The van der Waals surface area contributed by atoms with Gasteiger partial charge in [-0.25, -0.2) is 9.07 Å². The molecule has 1 heterocycles. The maximum absolute atomic E-state index is 13.4. The number of carbonyl (C=O) groups excluding carboxylic acids is 1. The summed E-state index contributed by atoms with van der Waals surface area (Å²) >= 11 is 0. The largest absolute Gasteiger partial charge is 0.348 e. The lowest BCUT2D eigenvalue weighted by Crippen LogP contribution is -2.34. The SMILES string of the molecule is CCN(CC)CCCC(C)NC(=O)c1cc(-c2ccc(F)cc2)nn1-c1cc(C)ccc1C. The second-order valence-electron chi connectivity index (χ2n) is 8.67. The van der Waals surface area contributed by atoms with E-state index in [4.69, 9.17) is 5.10 Å². The van der Waals surface area contributed by atoms with Crippen LogP contribution in [-0.2, 0) is 0 Å². The number of rotatable bonds is 10. The van der Waals surface area contributed by atoms with Crippen LogP contribution in [0.2, 0.25) is 0 Å². The minimum Gasteiger partial charge on any atom is -0.348 e. The predicted molar refractivity (Wildman–Crippen MR) is 132 cm³/mol. The quantitative estimate of drug-likeness (QED) is 0.441. The van der Waals surface area contributed by atoms with Gasteiger partial charge in [0.2, 0.25) is 0 Å². The minimum absolute atomic E-state index is 0.0456. The Balaban J connectivity index is 1.86. The number of nitrogens with one attached hydrogen (secondary N) is 1. The molecule has 1 amide bonds. The van der Waals surface area contributed by atoms with Crippen LogP contribution in [0.4, 0.5) is 4.39 Å². The van der Waals surface area contributed by atoms with Gasteiger partial charge in [-0.1, -0.05) is 26.0 Å². The highest BCUT2D eigenvalue weighted by Gasteiger charge is 2.20. The van der Waals surface area contributed by atoms with Gasteiger partial charge in [0.05, 0.1) is 11.4 Å². The molecule has 0 spiro atoms. The molecule has 1 atom stereocenters. The molecule has 0 bridgehead atoms. The van der Waals surface area contributed by atoms with Gasteiger partial charge in [-0.3, -0.25) is 4.79 Å². The van der Waals surface area contributed by atoms with Gasteiger partial charge >= 0.3 is 0 Å². The molecule has 1 N–H and O–H groups in total. The summed E-state index contributed by atoms with van der Waals surface area (Å²) in [7, 11) is 0. The Kier molecular flexibility index (Phi) is 8.39. The fourth-order valence-corrected chi connectivity index (χ4v) is 3.97. The number of carbonyl (C=O) groups is 1. The fraction of sp³-hybridized carbons (Fsp3) is 0.407. The minimum atomic E-state index is -0.302. The monoisotopic (exact) mass is 450 g/mol. The molecule has 0 saturated carbocycles. The van der Waals surface area contributed by atoms with Crippen LogP contribution in [0, 0.1) is 19.7 Å². The zero-order chi connectivity index (χ0) is 24.0. The van der Waals surface area contributed by atoms with Crippen molar-refractivity contribution < 1.29 is 9.18 Å². The molecular formula is C27H35FN4O. The van der Waals surface area contributed by atoms with E-state index < -0.39 is 0 Å². The molecule has 3 rings (SSSR count). The Morgan fingerprint density at radius 1 is 1.09 bits per heavy atom. The van der Waals surface area contributed by atoms with E-state index >= 15 is 0 Å². The standard InChI is InChI=1S/C27H35FN4O/c1-6-31(7-2)16-8-9-21(5)29-27(33)26-18-24(22-12-14-23(28)15-13-22)30-32(26)25-17-19(3)10-11-20(25)4/h10-15,17-18,21H,6-9,16H2,1-5H3,(H,29,33). The molecule has 0 aliphatic carbocycles. The van der Waals surface area contributed by atoms with Gasteiger partial charge in [-0.05, 0) is 101 Å². The summed E-state index contributed by atoms with van der Waals surface area (Å²) in [4.78, 5) is 15.7. The average molecular weight is 451 g/mol. The van der Waals surface area contributed by atoms with Gasteiger partial charge in [0.25, 0.3) is 5.91 Å². The fourth-order valence-electron chi connectivity index (χ4n) is 3.97. The van der Waals surface area contributed by atoms with Gasteiger partial charge in [-0.15, -0.1) is 0 Å². The van der Waals surface area contributed by atoms with Gasteiger partial charge in [0.1, 0.15) is 11.5 Å². The summed E-state index contributed by atoms with van der Waals surface area (Å²) in [6.45, 7) is 13.5. The van der Waals surface area contributed by atoms with Crippen molar-refractivity contribution in [3.8, 4) is 16.9 Å². The lowest BCUT2D eigenvalue weighted by Gasteiger charge is -2.20. The number of hydrogen-bond donors (Lipinski definition) is 1. The smallest absolute Gasteiger partial charge is 0.270 e. The predicted octanol–water partition coefficient (Wildman–Crippen LogP) is 5.54. The molecule has 0 aliphatic heterocycles. The topological polar surface area (TPSA) is 50.2 Å². The normalized spacial score (nSPS) is 12.2. The maximum Gasteiger partial charge on any atom is 0.270 e. The molecule has 2 aromatic carbocycles. The van der Waals surface area contributed by atoms with Crippen LogP contribution in [0.3, 0.4) is 0 Å². The van der Waals surface area contributed by atoms with Crippen LogP contribution < -0.4 is 5.32 Å². The molecule has 0 saturated heterocycles. The first-order valence-corrected chi connectivity index (χ1v) is 11.8. The second-order valence-corrected chi connectivity index (χ2v) is 8.67. The Morgan fingerprint density at radius 3 is 2.45 bits per heavy atom. The maximum atomic E-state index is 13.4. The molecule has 1 aromatic heterocycles. The first-order valence-electron chi connectivity index (χ1n) is 11.8. The number of halogens is 1. The highest BCUT2D eigenvalue weighted by molar-refractivity contribution is 5.94. The number of hydrogen-bond acceptors (Lipinski definition) is 3. The van der Waals surface area contributed by atoms with E-state index in [0.29, 0.717) is 11.4 Å². The Morgan fingerprint density at radius 2 is 1.79 bits per heavy atom. The lowest BCUT2D eigenvalue weighted by atomic mass is 10.1. The molecular weight excluding hydrogens is 415 g/mol. The summed E-state index contributed by atoms with van der Waals surface area (Å²) < 4.78 is 15.1. The average Bonchev–Trinajstić information content (AvgIpc) is 3.24. The summed E-state index contributed by atoms with van der Waals surface area (Å²) in [5.41, 5.74) is 4.85. The summed E-state index contributed by atoms with van der Waals surface area (Å²) in [5.74, 6) is -0.462. The van der Waals surface area contributed by atoms with Crippen LogP contribution in [0.25, 0.3) is 16.9 Å². The van der Waals surface area contributed by atoms with E-state index in [-0.39, 0.29) is 17.8 Å². The van der Waals surface area contributed by atoms with Crippen LogP contribution in [0.15, 0.2) is 48.5 Å². The molecule has 3 aromatic rings. The van der Waals surface area contributed by atoms with Gasteiger partial charge in [-0.2, -0.15) is 5.10 Å². The summed E-state index contributed by atoms with van der Waals surface area (Å²) in [6, 6.07) is 14.1. The lowest BCUT2D eigenvalue weighted by molar-refractivity contribution is 0.0929. The Labute approximate surface area is 196 Å². The Hall–Kier alpha value is -2.99. The highest BCUT2D eigenvalue weighted by Crippen LogP contribution is 2.24. The van der Waals surface area contributed by atoms with Crippen LogP contribution in [0.1, 0.15) is 55.2 Å². The Bertz CT molecular complexity index is 1070. The van der Waals surface area contributed by atoms with Crippen molar-refractivity contribution in [2.75, 3.05) is 19.6 Å². The third-order valence-corrected chi connectivity index (χ3v) is 6.06. The van der Waals surface area contributed by atoms with Crippen molar-refractivity contribution in [2.24, 2.45) is 0 Å². The van der Waals surface area contributed by atoms with E-state index in [0.717, 1.165) is 54.9 Å². The molecule has 176 valence electrons. The third kappa shape index (κ3) is 6.29. The number of amides is 1. The van der Waals surface area contributed by atoms with Gasteiger partial charge in [0, 0.05) is 11.6 Å². The molecule has 6 heteroatoms. The van der Waals surface area contributed by atoms with Crippen molar-refractivity contribution in [3.05, 3.63) is 71.2 Å². The van der Waals surface area contributed by atoms with Crippen molar-refractivity contribution in [3.63, 3.8) is 0 Å². The van der Waals surface area contributed by atoms with Crippen molar-refractivity contribution >= 4 is 5.91 Å². The third-order valence-electron chi connectivity index (χ3n) is 6.06. The van der Waals surface area contributed by atoms with E-state index in [2.05, 4.69) is 24.1 Å². The molecule has 5 nitrogen and oxygen atoms in total. The summed E-state index contributed by atoms with van der Waals surface area (Å²) in [6.07, 6.45) is 1.94. The molecule has 0 aliphatic rings. The van der Waals surface area contributed by atoms with E-state index in [1.54, 1.807) is 22.9 Å². The number of aromatic nitrogens is 2. The molecule has 0 radical (unpaired) electrons. The highest BCUT2D eigenvalue weighted by atomic mass is 19.1. The summed E-state index contributed by atoms with van der Waals surface area (Å²) in [5, 5.41) is 7.89. The zero-order valence-corrected chi connectivity index (χ0v) is 20.4. The first-order chi connectivity index (χ1) is 15.8. The van der Waals surface area contributed by atoms with E-state index in [1.807, 2.05) is 39.0 Å². The van der Waals surface area contributed by atoms with E-state index in [1.165, 1.54) is 12.1 Å². The number of aryl methyl sites for hydroxylation is 2. The van der Waals surface area contributed by atoms with Gasteiger partial charge < -0.3 is 10.2 Å². The van der Waals surface area contributed by atoms with Crippen LogP contribution in [-0.4, -0.2) is 46.3 Å². The molecule has 0 fully saturated rings. The first kappa shape index (κ1) is 24.6. The number of nitrogens with zero attached hydrogens (tertiary/aromatic N) is 3. The zero-order valence-electron chi connectivity index (χ0n) is 20.4. The van der Waals surface area contributed by atoms with Crippen molar-refractivity contribution in [1.29, 1.82) is 0 Å². The van der Waals surface area contributed by atoms with Crippen LogP contribution in [0.5, 0.6) is 0 Å².